The maximum atomic E-state index is 12.6. The van der Waals surface area contributed by atoms with Gasteiger partial charge in [-0.25, -0.2) is 0 Å². The van der Waals surface area contributed by atoms with E-state index in [2.05, 4.69) is 4.98 Å². The Balaban J connectivity index is 1.74. The summed E-state index contributed by atoms with van der Waals surface area (Å²) in [4.78, 5) is 4.56. The van der Waals surface area contributed by atoms with Gasteiger partial charge in [0.2, 0.25) is 0 Å². The van der Waals surface area contributed by atoms with Crippen LogP contribution in [0.15, 0.2) is 66.7 Å². The molecule has 0 saturated heterocycles. The maximum absolute atomic E-state index is 12.6. The van der Waals surface area contributed by atoms with Crippen LogP contribution < -0.4 is 4.74 Å². The van der Waals surface area contributed by atoms with Crippen LogP contribution in [0.1, 0.15) is 18.2 Å². The average Bonchev–Trinajstić information content (AvgIpc) is 2.62. The zero-order chi connectivity index (χ0) is 17.9. The summed E-state index contributed by atoms with van der Waals surface area (Å²) in [5.41, 5.74) is 2.15. The van der Waals surface area contributed by atoms with Crippen LogP contribution in [-0.2, 0) is 12.6 Å². The number of hydrogen-bond donors (Lipinski definition) is 0. The Labute approximate surface area is 143 Å². The standard InChI is InChI=1S/C20H16F3NO/c1-2-16-4-3-5-19(24-16)14-6-10-17(11-7-14)25-18-12-8-15(9-13-18)20(21,22)23/h3-13H,2H2,1H3. The van der Waals surface area contributed by atoms with E-state index in [-0.39, 0.29) is 0 Å². The highest BCUT2D eigenvalue weighted by molar-refractivity contribution is 5.60. The number of pyridine rings is 1. The quantitative estimate of drug-likeness (QED) is 0.569. The number of halogens is 3. The van der Waals surface area contributed by atoms with Crippen molar-refractivity contribution in [2.24, 2.45) is 0 Å². The molecular formula is C20H16F3NO. The number of benzene rings is 2. The van der Waals surface area contributed by atoms with E-state index in [1.54, 1.807) is 12.1 Å². The third-order valence-electron chi connectivity index (χ3n) is 3.74. The molecule has 25 heavy (non-hydrogen) atoms. The number of aryl methyl sites for hydroxylation is 1. The zero-order valence-electron chi connectivity index (χ0n) is 13.5. The fraction of sp³-hybridized carbons (Fsp3) is 0.150. The average molecular weight is 343 g/mol. The lowest BCUT2D eigenvalue weighted by Gasteiger charge is -2.09. The minimum atomic E-state index is -4.35. The highest BCUT2D eigenvalue weighted by Crippen LogP contribution is 2.31. The summed E-state index contributed by atoms with van der Waals surface area (Å²) in [6.45, 7) is 2.05. The van der Waals surface area contributed by atoms with Crippen LogP contribution in [0.4, 0.5) is 13.2 Å². The number of alkyl halides is 3. The van der Waals surface area contributed by atoms with Gasteiger partial charge in [-0.15, -0.1) is 0 Å². The third-order valence-corrected chi connectivity index (χ3v) is 3.74. The molecule has 0 fully saturated rings. The first-order valence-corrected chi connectivity index (χ1v) is 7.87. The Bertz CT molecular complexity index is 840. The summed E-state index contributed by atoms with van der Waals surface area (Å²) in [5.74, 6) is 0.905. The number of aromatic nitrogens is 1. The summed E-state index contributed by atoms with van der Waals surface area (Å²) in [6, 6.07) is 17.8. The first-order chi connectivity index (χ1) is 12.0. The van der Waals surface area contributed by atoms with Gasteiger partial charge in [0.25, 0.3) is 0 Å². The van der Waals surface area contributed by atoms with Crippen molar-refractivity contribution in [2.45, 2.75) is 19.5 Å². The topological polar surface area (TPSA) is 22.1 Å². The normalized spacial score (nSPS) is 11.4. The van der Waals surface area contributed by atoms with Gasteiger partial charge in [0.05, 0.1) is 11.3 Å². The van der Waals surface area contributed by atoms with E-state index in [0.29, 0.717) is 11.5 Å². The molecule has 2 nitrogen and oxygen atoms in total. The molecule has 128 valence electrons. The molecule has 3 aromatic rings. The van der Waals surface area contributed by atoms with Gasteiger partial charge in [-0.1, -0.05) is 13.0 Å². The number of hydrogen-bond acceptors (Lipinski definition) is 2. The molecule has 0 aliphatic carbocycles. The first kappa shape index (κ1) is 17.0. The van der Waals surface area contributed by atoms with Crippen molar-refractivity contribution in [3.05, 3.63) is 78.0 Å². The van der Waals surface area contributed by atoms with Gasteiger partial charge in [0.1, 0.15) is 11.5 Å². The SMILES string of the molecule is CCc1cccc(-c2ccc(Oc3ccc(C(F)(F)F)cc3)cc2)n1. The van der Waals surface area contributed by atoms with E-state index < -0.39 is 11.7 Å². The lowest BCUT2D eigenvalue weighted by atomic mass is 10.1. The molecule has 0 amide bonds. The molecule has 0 atom stereocenters. The molecular weight excluding hydrogens is 327 g/mol. The molecule has 2 aromatic carbocycles. The fourth-order valence-corrected chi connectivity index (χ4v) is 2.38. The summed E-state index contributed by atoms with van der Waals surface area (Å²) in [7, 11) is 0. The maximum Gasteiger partial charge on any atom is 0.416 e. The van der Waals surface area contributed by atoms with E-state index in [1.807, 2.05) is 37.3 Å². The Hall–Kier alpha value is -2.82. The van der Waals surface area contributed by atoms with Gasteiger partial charge in [-0.05, 0) is 67.1 Å². The van der Waals surface area contributed by atoms with Crippen molar-refractivity contribution in [3.63, 3.8) is 0 Å². The van der Waals surface area contributed by atoms with Crippen molar-refractivity contribution >= 4 is 0 Å². The van der Waals surface area contributed by atoms with Crippen molar-refractivity contribution in [1.82, 2.24) is 4.98 Å². The third kappa shape index (κ3) is 4.18. The van der Waals surface area contributed by atoms with E-state index in [4.69, 9.17) is 4.74 Å². The second-order valence-electron chi connectivity index (χ2n) is 5.52. The van der Waals surface area contributed by atoms with E-state index in [0.717, 1.165) is 35.5 Å². The summed E-state index contributed by atoms with van der Waals surface area (Å²) in [6.07, 6.45) is -3.48. The molecule has 0 saturated carbocycles. The summed E-state index contributed by atoms with van der Waals surface area (Å²) < 4.78 is 43.3. The minimum absolute atomic E-state index is 0.354. The van der Waals surface area contributed by atoms with E-state index >= 15 is 0 Å². The molecule has 0 N–H and O–H groups in total. The highest BCUT2D eigenvalue weighted by Gasteiger charge is 2.30. The fourth-order valence-electron chi connectivity index (χ4n) is 2.38. The molecule has 0 bridgehead atoms. The number of ether oxygens (including phenoxy) is 1. The minimum Gasteiger partial charge on any atom is -0.457 e. The predicted molar refractivity (Wildman–Crippen MR) is 90.6 cm³/mol. The second kappa shape index (κ2) is 6.97. The van der Waals surface area contributed by atoms with Gasteiger partial charge >= 0.3 is 6.18 Å². The molecule has 0 aliphatic rings. The van der Waals surface area contributed by atoms with Crippen molar-refractivity contribution in [2.75, 3.05) is 0 Å². The molecule has 3 rings (SSSR count). The number of nitrogens with zero attached hydrogens (tertiary/aromatic N) is 1. The van der Waals surface area contributed by atoms with Crippen LogP contribution in [0.3, 0.4) is 0 Å². The lowest BCUT2D eigenvalue weighted by Crippen LogP contribution is -2.03. The summed E-state index contributed by atoms with van der Waals surface area (Å²) >= 11 is 0. The smallest absolute Gasteiger partial charge is 0.416 e. The molecule has 1 aromatic heterocycles. The lowest BCUT2D eigenvalue weighted by molar-refractivity contribution is -0.137. The van der Waals surface area contributed by atoms with Crippen molar-refractivity contribution in [1.29, 1.82) is 0 Å². The van der Waals surface area contributed by atoms with Crippen LogP contribution >= 0.6 is 0 Å². The Morgan fingerprint density at radius 1 is 0.840 bits per heavy atom. The Kier molecular flexibility index (Phi) is 4.74. The Morgan fingerprint density at radius 2 is 1.44 bits per heavy atom. The number of rotatable bonds is 4. The molecule has 5 heteroatoms. The zero-order valence-corrected chi connectivity index (χ0v) is 13.5. The van der Waals surface area contributed by atoms with Gasteiger partial charge in [0.15, 0.2) is 0 Å². The van der Waals surface area contributed by atoms with Crippen LogP contribution in [0.2, 0.25) is 0 Å². The van der Waals surface area contributed by atoms with Crippen LogP contribution in [0, 0.1) is 0 Å². The monoisotopic (exact) mass is 343 g/mol. The molecule has 1 heterocycles. The molecule has 0 aliphatic heterocycles. The van der Waals surface area contributed by atoms with Crippen LogP contribution in [-0.4, -0.2) is 4.98 Å². The largest absolute Gasteiger partial charge is 0.457 e. The van der Waals surface area contributed by atoms with E-state index in [1.165, 1.54) is 12.1 Å². The molecule has 0 spiro atoms. The Morgan fingerprint density at radius 3 is 2.00 bits per heavy atom. The molecule has 0 unspecified atom stereocenters. The van der Waals surface area contributed by atoms with Crippen LogP contribution in [0.5, 0.6) is 11.5 Å². The summed E-state index contributed by atoms with van der Waals surface area (Å²) in [5, 5.41) is 0. The van der Waals surface area contributed by atoms with Gasteiger partial charge < -0.3 is 4.74 Å². The first-order valence-electron chi connectivity index (χ1n) is 7.87. The second-order valence-corrected chi connectivity index (χ2v) is 5.52. The van der Waals surface area contributed by atoms with E-state index in [9.17, 15) is 13.2 Å². The van der Waals surface area contributed by atoms with Crippen molar-refractivity contribution in [3.8, 4) is 22.8 Å². The highest BCUT2D eigenvalue weighted by atomic mass is 19.4. The van der Waals surface area contributed by atoms with Crippen LogP contribution in [0.25, 0.3) is 11.3 Å². The van der Waals surface area contributed by atoms with Crippen molar-refractivity contribution < 1.29 is 17.9 Å². The predicted octanol–water partition coefficient (Wildman–Crippen LogP) is 6.12. The molecule has 0 radical (unpaired) electrons. The van der Waals surface area contributed by atoms with Gasteiger partial charge in [-0.3, -0.25) is 4.98 Å². The van der Waals surface area contributed by atoms with Gasteiger partial charge in [0, 0.05) is 11.3 Å². The van der Waals surface area contributed by atoms with Gasteiger partial charge in [-0.2, -0.15) is 13.2 Å².